The molecule has 4 rings (SSSR count). The number of nitrogens with zero attached hydrogens (tertiary/aromatic N) is 4. The van der Waals surface area contributed by atoms with Crippen LogP contribution in [0.15, 0.2) is 24.3 Å². The van der Waals surface area contributed by atoms with E-state index in [0.717, 1.165) is 31.1 Å². The molecule has 16 N–H and O–H groups in total. The molecule has 1 fully saturated rings. The minimum atomic E-state index is -5.68. The highest BCUT2D eigenvalue weighted by Crippen LogP contribution is 2.61. The molecule has 11 atom stereocenters. The number of amides is 2. The second kappa shape index (κ2) is 24.5. The molecule has 1 aliphatic heterocycles. The second-order valence-electron chi connectivity index (χ2n) is 16.1. The number of aliphatic carboxylic acids is 1. The summed E-state index contributed by atoms with van der Waals surface area (Å²) in [4.78, 5) is 138. The van der Waals surface area contributed by atoms with Crippen molar-refractivity contribution in [3.8, 4) is 0 Å². The second-order valence-corrected chi connectivity index (χ2v) is 23.8. The smallest absolute Gasteiger partial charge is 0.478 e. The van der Waals surface area contributed by atoms with E-state index in [0.29, 0.717) is 13.0 Å². The van der Waals surface area contributed by atoms with Gasteiger partial charge in [-0.05, 0) is 13.0 Å². The Bertz CT molecular complexity index is 2630. The Labute approximate surface area is 413 Å². The van der Waals surface area contributed by atoms with E-state index < -0.39 is 160 Å². The van der Waals surface area contributed by atoms with Crippen molar-refractivity contribution in [3.63, 3.8) is 0 Å². The largest absolute Gasteiger partial charge is 0.481 e. The van der Waals surface area contributed by atoms with Crippen molar-refractivity contribution < 1.29 is 138 Å². The lowest BCUT2D eigenvalue weighted by Gasteiger charge is -2.38. The molecule has 414 valence electrons. The third-order valence-corrected chi connectivity index (χ3v) is 15.1. The maximum Gasteiger partial charge on any atom is 0.481 e. The zero-order chi connectivity index (χ0) is 55.3. The lowest BCUT2D eigenvalue weighted by Crippen LogP contribution is -2.50. The van der Waals surface area contributed by atoms with E-state index in [-0.39, 0.29) is 41.0 Å². The van der Waals surface area contributed by atoms with Gasteiger partial charge >= 0.3 is 45.1 Å². The summed E-state index contributed by atoms with van der Waals surface area (Å²) in [5.41, 5.74) is 3.37. The molecule has 3 heterocycles. The van der Waals surface area contributed by atoms with Gasteiger partial charge in [0.15, 0.2) is 17.7 Å². The fourth-order valence-electron chi connectivity index (χ4n) is 6.46. The molecule has 2 amide bonds. The van der Waals surface area contributed by atoms with E-state index in [2.05, 4.69) is 43.5 Å². The summed E-state index contributed by atoms with van der Waals surface area (Å²) in [5, 5.41) is 44.9. The van der Waals surface area contributed by atoms with Crippen LogP contribution < -0.4 is 16.4 Å². The number of nitrogens with one attached hydrogen (secondary N) is 2. The van der Waals surface area contributed by atoms with E-state index in [9.17, 15) is 102 Å². The summed E-state index contributed by atoms with van der Waals surface area (Å²) in [6.45, 7) is -0.0442. The first-order chi connectivity index (χ1) is 33.3. The van der Waals surface area contributed by atoms with Gasteiger partial charge in [-0.2, -0.15) is 4.31 Å². The quantitative estimate of drug-likeness (QED) is 0.0243. The topological polar surface area (TPSA) is 564 Å². The lowest BCUT2D eigenvalue weighted by molar-refractivity contribution is -0.222. The first-order valence-corrected chi connectivity index (χ1v) is 28.8. The normalized spacial score (nSPS) is 25.0. The molecule has 0 bridgehead atoms. The van der Waals surface area contributed by atoms with E-state index in [4.69, 9.17) is 24.3 Å². The Morgan fingerprint density at radius 2 is 1.52 bits per heavy atom. The van der Waals surface area contributed by atoms with Crippen molar-refractivity contribution in [2.45, 2.75) is 88.4 Å². The number of rotatable bonds is 27. The Balaban J connectivity index is 1.24. The third-order valence-electron chi connectivity index (χ3n) is 9.81. The molecule has 0 spiro atoms. The van der Waals surface area contributed by atoms with Gasteiger partial charge in [0, 0.05) is 42.7 Å². The molecule has 0 saturated carbocycles. The van der Waals surface area contributed by atoms with Gasteiger partial charge in [0.1, 0.15) is 48.5 Å². The average molecular weight is 1170 g/mol. The van der Waals surface area contributed by atoms with Crippen LogP contribution in [0.25, 0.3) is 11.2 Å². The molecule has 11 unspecified atom stereocenters. The number of nitrogen functional groups attached to an aromatic ring is 1. The number of phosphoric ester groups is 5. The number of fused-ring (bicyclic) bond motifs is 1. The SMILES string of the molecule is CC(OC1CC(C(=O)O)=CC(OP(=O)(O)O)C1O)(OP(=O)(O)O)C(=O)SCCNC(=O)CCNC(=O)C(O)C(C)(C)COP(=O)(O)OP(=O)(O)OCC1OC(n2cnc3c(N)ncnc32)C(O)C1OP(=O)(O)O. The number of aliphatic hydroxyl groups is 3. The molecule has 0 aromatic carbocycles. The van der Waals surface area contributed by atoms with Gasteiger partial charge in [0.05, 0.1) is 25.6 Å². The summed E-state index contributed by atoms with van der Waals surface area (Å²) < 4.78 is 99.6. The fourth-order valence-corrected chi connectivity index (χ4v) is 11.2. The number of aromatic nitrogens is 4. The Morgan fingerprint density at radius 1 is 0.890 bits per heavy atom. The third kappa shape index (κ3) is 18.6. The number of aliphatic hydroxyl groups excluding tert-OH is 3. The molecule has 1 saturated heterocycles. The van der Waals surface area contributed by atoms with Gasteiger partial charge in [-0.15, -0.1) is 0 Å². The Hall–Kier alpha value is -3.09. The molecule has 2 aromatic rings. The van der Waals surface area contributed by atoms with Crippen molar-refractivity contribution in [2.75, 3.05) is 37.8 Å². The number of carboxylic acid groups (broad SMARTS) is 1. The Kier molecular flexibility index (Phi) is 21.0. The van der Waals surface area contributed by atoms with Crippen LogP contribution in [-0.2, 0) is 78.4 Å². The van der Waals surface area contributed by atoms with Crippen LogP contribution in [0.4, 0.5) is 5.82 Å². The molecular weight excluding hydrogens is 1120 g/mol. The minimum absolute atomic E-state index is 0.0193. The number of hydrogen-bond acceptors (Lipinski definition) is 25. The fraction of sp³-hybridized carbons (Fsp3) is 0.645. The van der Waals surface area contributed by atoms with Crippen molar-refractivity contribution in [3.05, 3.63) is 24.3 Å². The molecule has 2 aliphatic rings. The van der Waals surface area contributed by atoms with Gasteiger partial charge < -0.3 is 85.4 Å². The van der Waals surface area contributed by atoms with Gasteiger partial charge in [0.25, 0.3) is 0 Å². The molecule has 1 aliphatic carbocycles. The standard InChI is InChI=1S/C31H50N7O29P5S/c1-30(2,11-61-72(58,59)67-71(56,57)60-10-17-22(65-69(50,51)52)21(41)27(62-17)38-13-37-19-24(32)35-12-36-25(19)38)23(42)26(43)34-5-4-18(39)33-6-7-73-29(46)31(3,66-70(53,54)55)63-15-8-14(28(44)45)9-16(20(15)40)64-68(47,48)49/h9,12-13,15-17,20-23,27,40-42H,4-8,10-11H2,1-3H3,(H,33,39)(H,34,43)(H,44,45)(H,56,57)(H,58,59)(H2,32,35,36)(H2,47,48,49)(H2,50,51,52)(H2,53,54,55). The zero-order valence-electron chi connectivity index (χ0n) is 37.6. The molecule has 36 nitrogen and oxygen atoms in total. The highest BCUT2D eigenvalue weighted by Gasteiger charge is 2.51. The van der Waals surface area contributed by atoms with Crippen LogP contribution >= 0.6 is 50.9 Å². The van der Waals surface area contributed by atoms with Crippen LogP contribution in [0.3, 0.4) is 0 Å². The first kappa shape index (κ1) is 62.4. The maximum absolute atomic E-state index is 13.1. The first-order valence-electron chi connectivity index (χ1n) is 20.2. The predicted molar refractivity (Wildman–Crippen MR) is 237 cm³/mol. The highest BCUT2D eigenvalue weighted by atomic mass is 32.2. The number of nitrogens with two attached hydrogens (primary N) is 1. The molecule has 2 aromatic heterocycles. The molecule has 73 heavy (non-hydrogen) atoms. The van der Waals surface area contributed by atoms with Gasteiger partial charge in [0.2, 0.25) is 22.7 Å². The lowest BCUT2D eigenvalue weighted by atomic mass is 9.87. The predicted octanol–water partition coefficient (Wildman–Crippen LogP) is -2.87. The number of phosphoric acid groups is 5. The van der Waals surface area contributed by atoms with E-state index in [1.54, 1.807) is 0 Å². The molecule has 0 radical (unpaired) electrons. The van der Waals surface area contributed by atoms with Gasteiger partial charge in [-0.1, -0.05) is 25.6 Å². The summed E-state index contributed by atoms with van der Waals surface area (Å²) in [5.74, 6) is -6.99. The van der Waals surface area contributed by atoms with E-state index in [1.165, 1.54) is 0 Å². The number of hydrogen-bond donors (Lipinski definition) is 15. The summed E-state index contributed by atoms with van der Waals surface area (Å²) in [7, 11) is -27.7. The van der Waals surface area contributed by atoms with Crippen LogP contribution in [-0.4, -0.2) is 183 Å². The van der Waals surface area contributed by atoms with Crippen LogP contribution in [0, 0.1) is 5.41 Å². The monoisotopic (exact) mass is 1170 g/mol. The maximum atomic E-state index is 13.1. The summed E-state index contributed by atoms with van der Waals surface area (Å²) in [6, 6.07) is 0. The number of carbonyl (C=O) groups excluding carboxylic acids is 3. The number of thioether (sulfide) groups is 1. The van der Waals surface area contributed by atoms with Crippen molar-refractivity contribution >= 4 is 90.8 Å². The summed E-state index contributed by atoms with van der Waals surface area (Å²) in [6.07, 6.45) is -13.9. The van der Waals surface area contributed by atoms with Gasteiger partial charge in [-0.25, -0.2) is 47.1 Å². The minimum Gasteiger partial charge on any atom is -0.478 e. The molecule has 42 heteroatoms. The number of carboxylic acids is 1. The van der Waals surface area contributed by atoms with Crippen molar-refractivity contribution in [1.29, 1.82) is 0 Å². The van der Waals surface area contributed by atoms with E-state index in [1.807, 2.05) is 0 Å². The van der Waals surface area contributed by atoms with Crippen molar-refractivity contribution in [2.24, 2.45) is 5.41 Å². The number of carbonyl (C=O) groups is 4. The van der Waals surface area contributed by atoms with Gasteiger partial charge in [-0.3, -0.25) is 37.0 Å². The van der Waals surface area contributed by atoms with Crippen molar-refractivity contribution in [1.82, 2.24) is 30.2 Å². The average Bonchev–Trinajstić information content (AvgIpc) is 3.80. The Morgan fingerprint density at radius 3 is 2.12 bits per heavy atom. The highest BCUT2D eigenvalue weighted by molar-refractivity contribution is 8.13. The van der Waals surface area contributed by atoms with Crippen LogP contribution in [0.5, 0.6) is 0 Å². The summed E-state index contributed by atoms with van der Waals surface area (Å²) >= 11 is 0.264. The number of anilines is 1. The zero-order valence-corrected chi connectivity index (χ0v) is 42.9. The van der Waals surface area contributed by atoms with Crippen LogP contribution in [0.2, 0.25) is 0 Å². The van der Waals surface area contributed by atoms with Crippen LogP contribution in [0.1, 0.15) is 39.8 Å². The number of imidazole rings is 1. The molecular formula is C31H50N7O29P5S. The van der Waals surface area contributed by atoms with E-state index >= 15 is 0 Å². The number of ether oxygens (including phenoxy) is 2.